The number of hydrogen-bond acceptors (Lipinski definition) is 1. The summed E-state index contributed by atoms with van der Waals surface area (Å²) in [4.78, 5) is 3.83. The van der Waals surface area contributed by atoms with E-state index in [0.29, 0.717) is 0 Å². The molecule has 140 valence electrons. The van der Waals surface area contributed by atoms with E-state index >= 15 is 0 Å². The highest BCUT2D eigenvalue weighted by Crippen LogP contribution is 2.44. The largest absolute Gasteiger partial charge is 0.417 e. The Morgan fingerprint density at radius 3 is 1.33 bits per heavy atom. The van der Waals surface area contributed by atoms with Crippen molar-refractivity contribution in [3.63, 3.8) is 0 Å². The molecule has 0 radical (unpaired) electrons. The Bertz CT molecular complexity index is 903. The molecule has 0 N–H and O–H groups in total. The van der Waals surface area contributed by atoms with Crippen LogP contribution in [0.5, 0.6) is 0 Å². The van der Waals surface area contributed by atoms with Crippen LogP contribution in [0.2, 0.25) is 5.02 Å². The Morgan fingerprint density at radius 2 is 0.963 bits per heavy atom. The van der Waals surface area contributed by atoms with Crippen LogP contribution in [0, 0.1) is 0 Å². The van der Waals surface area contributed by atoms with Crippen LogP contribution in [0.4, 0.5) is 26.3 Å². The lowest BCUT2D eigenvalue weighted by Crippen LogP contribution is -2.08. The second-order valence-corrected chi connectivity index (χ2v) is 6.01. The van der Waals surface area contributed by atoms with Gasteiger partial charge in [0.2, 0.25) is 0 Å². The molecule has 3 aromatic rings. The molecule has 3 rings (SSSR count). The molecule has 27 heavy (non-hydrogen) atoms. The molecule has 0 aliphatic carbocycles. The van der Waals surface area contributed by atoms with Gasteiger partial charge in [-0.15, -0.1) is 0 Å². The first-order valence-electron chi connectivity index (χ1n) is 7.57. The zero-order valence-corrected chi connectivity index (χ0v) is 14.1. The molecule has 1 nitrogen and oxygen atoms in total. The summed E-state index contributed by atoms with van der Waals surface area (Å²) in [5.74, 6) is 0. The predicted octanol–water partition coefficient (Wildman–Crippen LogP) is 7.11. The first-order chi connectivity index (χ1) is 12.6. The summed E-state index contributed by atoms with van der Waals surface area (Å²) >= 11 is 6.25. The van der Waals surface area contributed by atoms with E-state index in [9.17, 15) is 26.3 Å². The first-order valence-corrected chi connectivity index (χ1v) is 7.95. The van der Waals surface area contributed by atoms with Gasteiger partial charge >= 0.3 is 12.4 Å². The maximum atomic E-state index is 13.3. The topological polar surface area (TPSA) is 12.9 Å². The highest BCUT2D eigenvalue weighted by molar-refractivity contribution is 6.36. The monoisotopic (exact) mass is 401 g/mol. The molecule has 0 saturated carbocycles. The molecule has 0 amide bonds. The van der Waals surface area contributed by atoms with E-state index in [4.69, 9.17) is 11.6 Å². The molecule has 0 aliphatic heterocycles. The van der Waals surface area contributed by atoms with Crippen molar-refractivity contribution in [2.24, 2.45) is 0 Å². The number of halogens is 7. The SMILES string of the molecule is FC(F)(F)c1ccccc1-c1cncc(-c2ccccc2C(F)(F)F)c1Cl. The van der Waals surface area contributed by atoms with Crippen LogP contribution < -0.4 is 0 Å². The van der Waals surface area contributed by atoms with E-state index in [1.165, 1.54) is 36.4 Å². The number of alkyl halides is 6. The fourth-order valence-electron chi connectivity index (χ4n) is 2.75. The van der Waals surface area contributed by atoms with Crippen LogP contribution >= 0.6 is 11.6 Å². The molecule has 0 atom stereocenters. The molecular formula is C19H10ClF6N. The maximum absolute atomic E-state index is 13.3. The van der Waals surface area contributed by atoms with E-state index in [1.807, 2.05) is 0 Å². The van der Waals surface area contributed by atoms with Gasteiger partial charge in [-0.3, -0.25) is 4.98 Å². The van der Waals surface area contributed by atoms with E-state index in [-0.39, 0.29) is 27.3 Å². The highest BCUT2D eigenvalue weighted by atomic mass is 35.5. The van der Waals surface area contributed by atoms with Crippen LogP contribution in [0.15, 0.2) is 60.9 Å². The lowest BCUT2D eigenvalue weighted by atomic mass is 9.95. The summed E-state index contributed by atoms with van der Waals surface area (Å²) in [6, 6.07) is 9.36. The minimum Gasteiger partial charge on any atom is -0.263 e. The standard InChI is InChI=1S/C19H10ClF6N/c20-17-13(11-5-1-3-7-15(11)18(21,22)23)9-27-10-14(17)12-6-2-4-8-16(12)19(24,25)26/h1-10H. The molecule has 1 heterocycles. The van der Waals surface area contributed by atoms with Gasteiger partial charge in [0, 0.05) is 23.5 Å². The van der Waals surface area contributed by atoms with Gasteiger partial charge in [-0.1, -0.05) is 48.0 Å². The number of benzene rings is 2. The third-order valence-corrected chi connectivity index (χ3v) is 4.33. The van der Waals surface area contributed by atoms with Crippen molar-refractivity contribution in [2.75, 3.05) is 0 Å². The summed E-state index contributed by atoms with van der Waals surface area (Å²) < 4.78 is 79.8. The fraction of sp³-hybridized carbons (Fsp3) is 0.105. The van der Waals surface area contributed by atoms with Gasteiger partial charge in [0.1, 0.15) is 0 Å². The predicted molar refractivity (Wildman–Crippen MR) is 90.1 cm³/mol. The Labute approximate surface area is 155 Å². The smallest absolute Gasteiger partial charge is 0.263 e. The Hall–Kier alpha value is -2.54. The first kappa shape index (κ1) is 19.2. The summed E-state index contributed by atoms with van der Waals surface area (Å²) in [5, 5.41) is -0.238. The average molecular weight is 402 g/mol. The molecular weight excluding hydrogens is 392 g/mol. The molecule has 8 heteroatoms. The van der Waals surface area contributed by atoms with E-state index in [2.05, 4.69) is 4.98 Å². The minimum atomic E-state index is -4.65. The van der Waals surface area contributed by atoms with E-state index in [0.717, 1.165) is 24.5 Å². The van der Waals surface area contributed by atoms with Gasteiger partial charge in [0.15, 0.2) is 0 Å². The Morgan fingerprint density at radius 1 is 0.593 bits per heavy atom. The molecule has 0 fully saturated rings. The Balaban J connectivity index is 2.25. The highest BCUT2D eigenvalue weighted by Gasteiger charge is 2.36. The molecule has 0 bridgehead atoms. The van der Waals surface area contributed by atoms with Gasteiger partial charge in [-0.2, -0.15) is 26.3 Å². The number of aromatic nitrogens is 1. The van der Waals surface area contributed by atoms with Gasteiger partial charge in [-0.05, 0) is 23.3 Å². The van der Waals surface area contributed by atoms with Crippen molar-refractivity contribution in [2.45, 2.75) is 12.4 Å². The maximum Gasteiger partial charge on any atom is 0.417 e. The van der Waals surface area contributed by atoms with Crippen molar-refractivity contribution in [1.82, 2.24) is 4.98 Å². The summed E-state index contributed by atoms with van der Waals surface area (Å²) in [6.45, 7) is 0. The molecule has 0 spiro atoms. The van der Waals surface area contributed by atoms with Crippen LogP contribution in [-0.4, -0.2) is 4.98 Å². The van der Waals surface area contributed by atoms with Crippen molar-refractivity contribution < 1.29 is 26.3 Å². The number of nitrogens with zero attached hydrogens (tertiary/aromatic N) is 1. The molecule has 0 saturated heterocycles. The van der Waals surface area contributed by atoms with Gasteiger partial charge in [-0.25, -0.2) is 0 Å². The number of pyridine rings is 1. The van der Waals surface area contributed by atoms with Crippen LogP contribution in [0.25, 0.3) is 22.3 Å². The number of rotatable bonds is 2. The van der Waals surface area contributed by atoms with E-state index in [1.54, 1.807) is 0 Å². The van der Waals surface area contributed by atoms with Gasteiger partial charge < -0.3 is 0 Å². The second-order valence-electron chi connectivity index (χ2n) is 5.64. The number of hydrogen-bond donors (Lipinski definition) is 0. The van der Waals surface area contributed by atoms with Gasteiger partial charge in [0.05, 0.1) is 16.1 Å². The quantitative estimate of drug-likeness (QED) is 0.417. The van der Waals surface area contributed by atoms with Crippen molar-refractivity contribution in [3.8, 4) is 22.3 Å². The molecule has 2 aromatic carbocycles. The fourth-order valence-corrected chi connectivity index (χ4v) is 3.05. The third-order valence-electron chi connectivity index (χ3n) is 3.93. The lowest BCUT2D eigenvalue weighted by molar-refractivity contribution is -0.137. The van der Waals surface area contributed by atoms with E-state index < -0.39 is 23.5 Å². The van der Waals surface area contributed by atoms with Crippen molar-refractivity contribution in [1.29, 1.82) is 0 Å². The van der Waals surface area contributed by atoms with Gasteiger partial charge in [0.25, 0.3) is 0 Å². The zero-order chi connectivity index (χ0) is 19.8. The third kappa shape index (κ3) is 3.78. The second kappa shape index (κ2) is 6.88. The normalized spacial score (nSPS) is 12.3. The lowest BCUT2D eigenvalue weighted by Gasteiger charge is -2.17. The summed E-state index contributed by atoms with van der Waals surface area (Å²) in [6.07, 6.45) is -7.10. The van der Waals surface area contributed by atoms with Crippen LogP contribution in [0.1, 0.15) is 11.1 Å². The summed E-state index contributed by atoms with van der Waals surface area (Å²) in [7, 11) is 0. The van der Waals surface area contributed by atoms with Crippen LogP contribution in [0.3, 0.4) is 0 Å². The average Bonchev–Trinajstić information content (AvgIpc) is 2.60. The Kier molecular flexibility index (Phi) is 4.90. The zero-order valence-electron chi connectivity index (χ0n) is 13.4. The van der Waals surface area contributed by atoms with Crippen molar-refractivity contribution in [3.05, 3.63) is 77.1 Å². The summed E-state index contributed by atoms with van der Waals surface area (Å²) in [5.41, 5.74) is -2.61. The molecule has 0 aliphatic rings. The minimum absolute atomic E-state index is 0.0981. The van der Waals surface area contributed by atoms with Crippen molar-refractivity contribution >= 4 is 11.6 Å². The molecule has 0 unspecified atom stereocenters. The molecule has 1 aromatic heterocycles. The van der Waals surface area contributed by atoms with Crippen LogP contribution in [-0.2, 0) is 12.4 Å².